The van der Waals surface area contributed by atoms with Crippen LogP contribution in [0.5, 0.6) is 0 Å². The van der Waals surface area contributed by atoms with Crippen LogP contribution < -0.4 is 0 Å². The molecule has 0 aliphatic rings. The lowest BCUT2D eigenvalue weighted by atomic mass is 9.99. The molecule has 0 aromatic heterocycles. The molecule has 0 saturated carbocycles. The van der Waals surface area contributed by atoms with Crippen LogP contribution in [0.15, 0.2) is 83.9 Å². The first-order valence-corrected chi connectivity index (χ1v) is 8.31. The molecule has 0 aliphatic carbocycles. The second kappa shape index (κ2) is 8.25. The van der Waals surface area contributed by atoms with Gasteiger partial charge in [-0.05, 0) is 29.5 Å². The number of benzene rings is 3. The third kappa shape index (κ3) is 4.13. The normalized spacial score (nSPS) is 10.2. The van der Waals surface area contributed by atoms with Crippen molar-refractivity contribution in [3.63, 3.8) is 0 Å². The first kappa shape index (κ1) is 16.9. The van der Waals surface area contributed by atoms with Crippen LogP contribution in [0.1, 0.15) is 22.3 Å². The molecular weight excluding hydrogens is 306 g/mol. The lowest BCUT2D eigenvalue weighted by Gasteiger charge is -2.07. The van der Waals surface area contributed by atoms with Gasteiger partial charge in [-0.2, -0.15) is 0 Å². The van der Waals surface area contributed by atoms with Gasteiger partial charge >= 0.3 is 0 Å². The van der Waals surface area contributed by atoms with Crippen molar-refractivity contribution >= 4 is 17.1 Å². The summed E-state index contributed by atoms with van der Waals surface area (Å²) in [5.74, 6) is 3.29. The molecule has 0 saturated heterocycles. The highest BCUT2D eigenvalue weighted by molar-refractivity contribution is 5.99. The largest absolute Gasteiger partial charge is 0.380 e. The number of aliphatic imine (C=N–C) groups is 1. The highest BCUT2D eigenvalue weighted by atomic mass is 16.5. The van der Waals surface area contributed by atoms with E-state index in [9.17, 15) is 0 Å². The zero-order valence-electron chi connectivity index (χ0n) is 14.6. The predicted molar refractivity (Wildman–Crippen MR) is 104 cm³/mol. The molecule has 25 heavy (non-hydrogen) atoms. The van der Waals surface area contributed by atoms with Crippen LogP contribution in [0.2, 0.25) is 0 Å². The van der Waals surface area contributed by atoms with E-state index in [-0.39, 0.29) is 0 Å². The van der Waals surface area contributed by atoms with Crippen molar-refractivity contribution in [2.45, 2.75) is 13.5 Å². The Morgan fingerprint density at radius 1 is 0.840 bits per heavy atom. The van der Waals surface area contributed by atoms with E-state index in [1.807, 2.05) is 48.5 Å². The van der Waals surface area contributed by atoms with Gasteiger partial charge in [0.2, 0.25) is 0 Å². The van der Waals surface area contributed by atoms with Crippen molar-refractivity contribution in [3.05, 3.63) is 101 Å². The number of para-hydroxylation sites is 1. The highest BCUT2D eigenvalue weighted by Crippen LogP contribution is 2.26. The standard InChI is InChI=1S/C23H21NO/c1-18-10-9-15-21(17-25-2)23(18)24-16-22(19-11-5-3-6-12-19)20-13-7-4-8-14-20/h3-15H,17H2,1-2H3. The number of nitrogens with zero attached hydrogens (tertiary/aromatic N) is 1. The molecule has 3 aromatic carbocycles. The maximum atomic E-state index is 5.31. The number of ether oxygens (including phenoxy) is 1. The van der Waals surface area contributed by atoms with Crippen LogP contribution in [-0.2, 0) is 11.3 Å². The second-order valence-electron chi connectivity index (χ2n) is 5.85. The summed E-state index contributed by atoms with van der Waals surface area (Å²) in [5.41, 5.74) is 6.28. The van der Waals surface area contributed by atoms with Gasteiger partial charge in [0.25, 0.3) is 0 Å². The third-order valence-electron chi connectivity index (χ3n) is 4.03. The molecule has 0 spiro atoms. The van der Waals surface area contributed by atoms with E-state index in [1.165, 1.54) is 0 Å². The molecule has 0 N–H and O–H groups in total. The minimum Gasteiger partial charge on any atom is -0.380 e. The summed E-state index contributed by atoms with van der Waals surface area (Å²) < 4.78 is 5.31. The molecule has 124 valence electrons. The molecule has 0 heterocycles. The molecule has 0 aliphatic heterocycles. The van der Waals surface area contributed by atoms with Crippen molar-refractivity contribution in [3.8, 4) is 0 Å². The molecule has 2 nitrogen and oxygen atoms in total. The van der Waals surface area contributed by atoms with Crippen LogP contribution in [0.3, 0.4) is 0 Å². The Kier molecular flexibility index (Phi) is 5.58. The summed E-state index contributed by atoms with van der Waals surface area (Å²) >= 11 is 0. The van der Waals surface area contributed by atoms with Gasteiger partial charge in [0.05, 0.1) is 17.9 Å². The number of methoxy groups -OCH3 is 1. The Hall–Kier alpha value is -2.93. The van der Waals surface area contributed by atoms with E-state index in [1.54, 1.807) is 7.11 Å². The van der Waals surface area contributed by atoms with E-state index in [0.717, 1.165) is 33.5 Å². The summed E-state index contributed by atoms with van der Waals surface area (Å²) in [7, 11) is 1.70. The summed E-state index contributed by atoms with van der Waals surface area (Å²) in [5, 5.41) is 0. The predicted octanol–water partition coefficient (Wildman–Crippen LogP) is 5.57. The van der Waals surface area contributed by atoms with Crippen LogP contribution >= 0.6 is 0 Å². The minimum atomic E-state index is 0.536. The third-order valence-corrected chi connectivity index (χ3v) is 4.03. The fraction of sp³-hybridized carbons (Fsp3) is 0.130. The number of hydrogen-bond donors (Lipinski definition) is 0. The quantitative estimate of drug-likeness (QED) is 0.561. The summed E-state index contributed by atoms with van der Waals surface area (Å²) in [4.78, 5) is 4.71. The molecule has 0 radical (unpaired) electrons. The van der Waals surface area contributed by atoms with Crippen molar-refractivity contribution in [1.29, 1.82) is 0 Å². The Balaban J connectivity index is 2.16. The fourth-order valence-corrected chi connectivity index (χ4v) is 2.77. The van der Waals surface area contributed by atoms with Crippen LogP contribution in [-0.4, -0.2) is 13.0 Å². The average molecular weight is 327 g/mol. The van der Waals surface area contributed by atoms with Crippen LogP contribution in [0, 0.1) is 6.92 Å². The molecule has 0 unspecified atom stereocenters. The number of aryl methyl sites for hydroxylation is 1. The molecule has 3 rings (SSSR count). The Bertz CT molecular complexity index is 850. The monoisotopic (exact) mass is 327 g/mol. The number of rotatable bonds is 5. The first-order chi connectivity index (χ1) is 12.3. The van der Waals surface area contributed by atoms with Crippen molar-refractivity contribution in [2.75, 3.05) is 7.11 Å². The zero-order valence-corrected chi connectivity index (χ0v) is 14.6. The van der Waals surface area contributed by atoms with Gasteiger partial charge in [-0.15, -0.1) is 0 Å². The molecule has 3 aromatic rings. The SMILES string of the molecule is COCc1cccc(C)c1N=C=C(c1ccccc1)c1ccccc1. The van der Waals surface area contributed by atoms with Gasteiger partial charge in [-0.25, -0.2) is 4.99 Å². The zero-order chi connectivity index (χ0) is 17.5. The van der Waals surface area contributed by atoms with Crippen molar-refractivity contribution < 1.29 is 4.74 Å². The van der Waals surface area contributed by atoms with E-state index >= 15 is 0 Å². The molecule has 0 atom stereocenters. The van der Waals surface area contributed by atoms with Crippen LogP contribution in [0.4, 0.5) is 5.69 Å². The smallest absolute Gasteiger partial charge is 0.0814 e. The van der Waals surface area contributed by atoms with E-state index < -0.39 is 0 Å². The molecular formula is C23H21NO. The highest BCUT2D eigenvalue weighted by Gasteiger charge is 2.06. The van der Waals surface area contributed by atoms with Crippen molar-refractivity contribution in [1.82, 2.24) is 0 Å². The minimum absolute atomic E-state index is 0.536. The van der Waals surface area contributed by atoms with E-state index in [2.05, 4.69) is 43.1 Å². The topological polar surface area (TPSA) is 21.6 Å². The Labute approximate surface area is 149 Å². The fourth-order valence-electron chi connectivity index (χ4n) is 2.77. The first-order valence-electron chi connectivity index (χ1n) is 8.31. The second-order valence-corrected chi connectivity index (χ2v) is 5.85. The molecule has 2 heteroatoms. The summed E-state index contributed by atoms with van der Waals surface area (Å²) in [6.45, 7) is 2.60. The summed E-state index contributed by atoms with van der Waals surface area (Å²) in [6.07, 6.45) is 0. The Morgan fingerprint density at radius 2 is 1.44 bits per heavy atom. The lowest BCUT2D eigenvalue weighted by Crippen LogP contribution is -1.91. The van der Waals surface area contributed by atoms with Gasteiger partial charge in [-0.3, -0.25) is 0 Å². The van der Waals surface area contributed by atoms with Gasteiger partial charge in [0.15, 0.2) is 0 Å². The Morgan fingerprint density at radius 3 is 2.00 bits per heavy atom. The lowest BCUT2D eigenvalue weighted by molar-refractivity contribution is 0.185. The van der Waals surface area contributed by atoms with Gasteiger partial charge in [0.1, 0.15) is 0 Å². The maximum absolute atomic E-state index is 5.31. The number of hydrogen-bond acceptors (Lipinski definition) is 2. The van der Waals surface area contributed by atoms with Crippen molar-refractivity contribution in [2.24, 2.45) is 4.99 Å². The molecule has 0 amide bonds. The maximum Gasteiger partial charge on any atom is 0.0814 e. The average Bonchev–Trinajstić information content (AvgIpc) is 2.66. The van der Waals surface area contributed by atoms with Gasteiger partial charge in [0, 0.05) is 12.7 Å². The van der Waals surface area contributed by atoms with E-state index in [0.29, 0.717) is 6.61 Å². The summed E-state index contributed by atoms with van der Waals surface area (Å²) in [6, 6.07) is 26.6. The van der Waals surface area contributed by atoms with Crippen LogP contribution in [0.25, 0.3) is 5.57 Å². The van der Waals surface area contributed by atoms with Gasteiger partial charge in [-0.1, -0.05) is 78.9 Å². The van der Waals surface area contributed by atoms with E-state index in [4.69, 9.17) is 9.73 Å². The molecule has 0 bridgehead atoms. The molecule has 0 fully saturated rings. The van der Waals surface area contributed by atoms with Gasteiger partial charge < -0.3 is 4.74 Å².